The zero-order valence-corrected chi connectivity index (χ0v) is 18.9. The second-order valence-corrected chi connectivity index (χ2v) is 8.33. The third-order valence-electron chi connectivity index (χ3n) is 5.10. The van der Waals surface area contributed by atoms with Crippen LogP contribution in [-0.2, 0) is 11.3 Å². The average molecular weight is 422 g/mol. The van der Waals surface area contributed by atoms with Crippen LogP contribution >= 0.6 is 0 Å². The summed E-state index contributed by atoms with van der Waals surface area (Å²) in [6, 6.07) is 13.7. The fourth-order valence-corrected chi connectivity index (χ4v) is 3.36. The van der Waals surface area contributed by atoms with Gasteiger partial charge >= 0.3 is 0 Å². The Morgan fingerprint density at radius 1 is 1.13 bits per heavy atom. The van der Waals surface area contributed by atoms with Crippen molar-refractivity contribution in [2.45, 2.75) is 27.3 Å². The molecule has 0 aliphatic heterocycles. The first-order chi connectivity index (χ1) is 14.8. The zero-order chi connectivity index (χ0) is 22.5. The fraction of sp³-hybridized carbons (Fsp3) is 0.375. The molecule has 1 aromatic heterocycles. The summed E-state index contributed by atoms with van der Waals surface area (Å²) in [5.41, 5.74) is 3.67. The Hall–Kier alpha value is -3.19. The van der Waals surface area contributed by atoms with Crippen LogP contribution < -0.4 is 10.6 Å². The lowest BCUT2D eigenvalue weighted by molar-refractivity contribution is -0.118. The second kappa shape index (κ2) is 9.75. The van der Waals surface area contributed by atoms with Gasteiger partial charge in [0.05, 0.1) is 16.6 Å². The number of aromatic nitrogens is 2. The van der Waals surface area contributed by atoms with E-state index in [1.807, 2.05) is 64.0 Å². The van der Waals surface area contributed by atoms with Gasteiger partial charge in [-0.1, -0.05) is 44.2 Å². The van der Waals surface area contributed by atoms with Crippen molar-refractivity contribution in [1.82, 2.24) is 19.8 Å². The van der Waals surface area contributed by atoms with Crippen molar-refractivity contribution in [2.75, 3.05) is 32.5 Å². The van der Waals surface area contributed by atoms with Crippen LogP contribution in [0.15, 0.2) is 42.5 Å². The van der Waals surface area contributed by atoms with E-state index in [0.29, 0.717) is 29.9 Å². The normalized spacial score (nSPS) is 11.3. The molecule has 164 valence electrons. The highest BCUT2D eigenvalue weighted by atomic mass is 16.2. The zero-order valence-electron chi connectivity index (χ0n) is 18.9. The lowest BCUT2D eigenvalue weighted by atomic mass is 10.1. The summed E-state index contributed by atoms with van der Waals surface area (Å²) < 4.78 is 2.06. The van der Waals surface area contributed by atoms with E-state index in [1.54, 1.807) is 6.07 Å². The van der Waals surface area contributed by atoms with E-state index in [9.17, 15) is 9.59 Å². The summed E-state index contributed by atoms with van der Waals surface area (Å²) >= 11 is 0. The molecule has 1 heterocycles. The molecule has 7 nitrogen and oxygen atoms in total. The maximum absolute atomic E-state index is 13.1. The molecule has 3 rings (SSSR count). The molecule has 2 aromatic carbocycles. The van der Waals surface area contributed by atoms with Crippen molar-refractivity contribution >= 4 is 28.5 Å². The highest BCUT2D eigenvalue weighted by molar-refractivity contribution is 6.07. The molecule has 2 N–H and O–H groups in total. The number of aryl methyl sites for hydroxylation is 1. The number of benzene rings is 2. The first kappa shape index (κ1) is 22.5. The quantitative estimate of drug-likeness (QED) is 0.585. The van der Waals surface area contributed by atoms with Crippen molar-refractivity contribution in [2.24, 2.45) is 5.92 Å². The van der Waals surface area contributed by atoms with Gasteiger partial charge in [0.1, 0.15) is 5.82 Å². The molecule has 0 saturated heterocycles. The maximum Gasteiger partial charge on any atom is 0.253 e. The molecule has 0 aliphatic carbocycles. The topological polar surface area (TPSA) is 79.3 Å². The Bertz CT molecular complexity index is 1070. The minimum absolute atomic E-state index is 0.0984. The van der Waals surface area contributed by atoms with Gasteiger partial charge < -0.3 is 20.1 Å². The van der Waals surface area contributed by atoms with E-state index in [2.05, 4.69) is 27.3 Å². The number of hydrogen-bond donors (Lipinski definition) is 2. The molecule has 0 atom stereocenters. The van der Waals surface area contributed by atoms with Crippen molar-refractivity contribution in [3.63, 3.8) is 0 Å². The molecule has 0 radical (unpaired) electrons. The summed E-state index contributed by atoms with van der Waals surface area (Å²) in [5, 5.41) is 5.90. The third-order valence-corrected chi connectivity index (χ3v) is 5.10. The number of hydrogen-bond acceptors (Lipinski definition) is 4. The summed E-state index contributed by atoms with van der Waals surface area (Å²) in [6.45, 7) is 7.48. The number of anilines is 1. The van der Waals surface area contributed by atoms with Gasteiger partial charge in [-0.15, -0.1) is 0 Å². The number of nitrogens with one attached hydrogen (secondary N) is 2. The van der Waals surface area contributed by atoms with Gasteiger partial charge in [0.15, 0.2) is 0 Å². The Balaban J connectivity index is 2.05. The minimum Gasteiger partial charge on any atom is -0.351 e. The molecule has 7 heteroatoms. The van der Waals surface area contributed by atoms with Gasteiger partial charge in [-0.3, -0.25) is 9.59 Å². The summed E-state index contributed by atoms with van der Waals surface area (Å²) in [5.74, 6) is 0.374. The van der Waals surface area contributed by atoms with E-state index < -0.39 is 0 Å². The first-order valence-corrected chi connectivity index (χ1v) is 10.5. The van der Waals surface area contributed by atoms with Crippen LogP contribution in [0.4, 0.5) is 5.69 Å². The Morgan fingerprint density at radius 2 is 1.84 bits per heavy atom. The SMILES string of the molecule is Cc1nc2cc(NC(=O)C(C)C)cc(C(=O)NCCN(C)C)c2n1Cc1ccccc1. The number of imidazole rings is 1. The summed E-state index contributed by atoms with van der Waals surface area (Å²) in [7, 11) is 3.93. The van der Waals surface area contributed by atoms with Crippen LogP contribution in [0.25, 0.3) is 11.0 Å². The molecule has 0 bridgehead atoms. The van der Waals surface area contributed by atoms with E-state index in [-0.39, 0.29) is 17.7 Å². The van der Waals surface area contributed by atoms with Crippen molar-refractivity contribution in [3.8, 4) is 0 Å². The summed E-state index contributed by atoms with van der Waals surface area (Å²) in [6.07, 6.45) is 0. The predicted octanol–water partition coefficient (Wildman–Crippen LogP) is 3.28. The van der Waals surface area contributed by atoms with Crippen LogP contribution in [0.1, 0.15) is 35.6 Å². The smallest absolute Gasteiger partial charge is 0.253 e. The van der Waals surface area contributed by atoms with Crippen molar-refractivity contribution < 1.29 is 9.59 Å². The molecule has 31 heavy (non-hydrogen) atoms. The van der Waals surface area contributed by atoms with Crippen LogP contribution in [0.2, 0.25) is 0 Å². The molecule has 3 aromatic rings. The Labute approximate surface area is 183 Å². The predicted molar refractivity (Wildman–Crippen MR) is 124 cm³/mol. The number of rotatable bonds is 8. The van der Waals surface area contributed by atoms with Gasteiger partial charge in [-0.25, -0.2) is 4.98 Å². The van der Waals surface area contributed by atoms with Crippen LogP contribution in [-0.4, -0.2) is 53.5 Å². The number of amides is 2. The van der Waals surface area contributed by atoms with Gasteiger partial charge in [0.2, 0.25) is 5.91 Å². The average Bonchev–Trinajstić information content (AvgIpc) is 3.02. The van der Waals surface area contributed by atoms with E-state index in [0.717, 1.165) is 23.4 Å². The van der Waals surface area contributed by atoms with E-state index >= 15 is 0 Å². The molecule has 0 fully saturated rings. The van der Waals surface area contributed by atoms with E-state index in [1.165, 1.54) is 0 Å². The van der Waals surface area contributed by atoms with Crippen LogP contribution in [0.5, 0.6) is 0 Å². The third kappa shape index (κ3) is 5.49. The monoisotopic (exact) mass is 421 g/mol. The van der Waals surface area contributed by atoms with Crippen LogP contribution in [0, 0.1) is 12.8 Å². The molecule has 0 saturated carbocycles. The lowest BCUT2D eigenvalue weighted by Gasteiger charge is -2.15. The number of likely N-dealkylation sites (N-methyl/N-ethyl adjacent to an activating group) is 1. The maximum atomic E-state index is 13.1. The van der Waals surface area contributed by atoms with Gasteiger partial charge in [0.25, 0.3) is 5.91 Å². The highest BCUT2D eigenvalue weighted by Gasteiger charge is 2.20. The molecule has 2 amide bonds. The molecular weight excluding hydrogens is 390 g/mol. The van der Waals surface area contributed by atoms with Crippen molar-refractivity contribution in [1.29, 1.82) is 0 Å². The minimum atomic E-state index is -0.179. The number of carbonyl (C=O) groups is 2. The molecule has 0 spiro atoms. The van der Waals surface area contributed by atoms with Gasteiger partial charge in [-0.05, 0) is 38.7 Å². The molecule has 0 unspecified atom stereocenters. The van der Waals surface area contributed by atoms with Crippen LogP contribution in [0.3, 0.4) is 0 Å². The van der Waals surface area contributed by atoms with E-state index in [4.69, 9.17) is 4.98 Å². The van der Waals surface area contributed by atoms with Crippen molar-refractivity contribution in [3.05, 3.63) is 59.4 Å². The molecule has 0 aliphatic rings. The summed E-state index contributed by atoms with van der Waals surface area (Å²) in [4.78, 5) is 32.1. The first-order valence-electron chi connectivity index (χ1n) is 10.5. The highest BCUT2D eigenvalue weighted by Crippen LogP contribution is 2.26. The number of carbonyl (C=O) groups excluding carboxylic acids is 2. The lowest BCUT2D eigenvalue weighted by Crippen LogP contribution is -2.31. The number of nitrogens with zero attached hydrogens (tertiary/aromatic N) is 3. The fourth-order valence-electron chi connectivity index (χ4n) is 3.36. The Morgan fingerprint density at radius 3 is 2.48 bits per heavy atom. The Kier molecular flexibility index (Phi) is 7.07. The standard InChI is InChI=1S/C24H31N5O2/c1-16(2)23(30)27-19-13-20(24(31)25-11-12-28(4)5)22-21(14-19)26-17(3)29(22)15-18-9-7-6-8-10-18/h6-10,13-14,16H,11-12,15H2,1-5H3,(H,25,31)(H,27,30). The largest absolute Gasteiger partial charge is 0.351 e. The number of fused-ring (bicyclic) bond motifs is 1. The molecular formula is C24H31N5O2. The van der Waals surface area contributed by atoms with Gasteiger partial charge in [0, 0.05) is 31.2 Å². The second-order valence-electron chi connectivity index (χ2n) is 8.33. The van der Waals surface area contributed by atoms with Gasteiger partial charge in [-0.2, -0.15) is 0 Å².